The van der Waals surface area contributed by atoms with Crippen LogP contribution in [0.1, 0.15) is 22.7 Å². The Morgan fingerprint density at radius 3 is 2.28 bits per heavy atom. The molecule has 0 fully saturated rings. The highest BCUT2D eigenvalue weighted by atomic mass is 19.1. The van der Waals surface area contributed by atoms with Gasteiger partial charge in [0.05, 0.1) is 6.04 Å². The molecule has 2 aromatic rings. The monoisotopic (exact) mass is 243 g/mol. The maximum Gasteiger partial charge on any atom is 0.109 e. The lowest BCUT2D eigenvalue weighted by Gasteiger charge is -2.16. The van der Waals surface area contributed by atoms with Crippen molar-refractivity contribution in [1.82, 2.24) is 5.32 Å². The standard InChI is InChI=1S/C16H18FN/c1-13-7-9-15(10-8-13)16(11-17)18-12-14-5-3-2-4-6-14/h2-10,16,18H,11-12H2,1H3. The van der Waals surface area contributed by atoms with Gasteiger partial charge in [-0.05, 0) is 18.1 Å². The number of nitrogens with one attached hydrogen (secondary N) is 1. The summed E-state index contributed by atoms with van der Waals surface area (Å²) in [5.41, 5.74) is 3.36. The van der Waals surface area contributed by atoms with Crippen molar-refractivity contribution in [3.05, 3.63) is 71.3 Å². The van der Waals surface area contributed by atoms with Gasteiger partial charge in [-0.15, -0.1) is 0 Å². The zero-order valence-electron chi connectivity index (χ0n) is 10.6. The van der Waals surface area contributed by atoms with Gasteiger partial charge in [-0.1, -0.05) is 60.2 Å². The first-order valence-corrected chi connectivity index (χ1v) is 6.19. The van der Waals surface area contributed by atoms with Gasteiger partial charge in [-0.2, -0.15) is 0 Å². The molecule has 0 aliphatic heterocycles. The Hall–Kier alpha value is -1.67. The molecule has 1 N–H and O–H groups in total. The van der Waals surface area contributed by atoms with Crippen molar-refractivity contribution in [2.45, 2.75) is 19.5 Å². The van der Waals surface area contributed by atoms with Crippen molar-refractivity contribution in [2.75, 3.05) is 6.67 Å². The predicted octanol–water partition coefficient (Wildman–Crippen LogP) is 3.80. The molecule has 0 bridgehead atoms. The summed E-state index contributed by atoms with van der Waals surface area (Å²) in [6.07, 6.45) is 0. The molecular formula is C16H18FN. The summed E-state index contributed by atoms with van der Waals surface area (Å²) in [5, 5.41) is 3.25. The van der Waals surface area contributed by atoms with Crippen molar-refractivity contribution in [3.8, 4) is 0 Å². The predicted molar refractivity (Wildman–Crippen MR) is 73.2 cm³/mol. The minimum absolute atomic E-state index is 0.231. The van der Waals surface area contributed by atoms with Crippen LogP contribution < -0.4 is 5.32 Å². The fourth-order valence-electron chi connectivity index (χ4n) is 1.90. The zero-order valence-corrected chi connectivity index (χ0v) is 10.6. The highest BCUT2D eigenvalue weighted by Crippen LogP contribution is 2.15. The lowest BCUT2D eigenvalue weighted by molar-refractivity contribution is 0.380. The minimum Gasteiger partial charge on any atom is -0.304 e. The maximum absolute atomic E-state index is 13.1. The molecular weight excluding hydrogens is 225 g/mol. The van der Waals surface area contributed by atoms with Gasteiger partial charge in [-0.25, -0.2) is 4.39 Å². The van der Waals surface area contributed by atoms with Crippen LogP contribution in [-0.2, 0) is 6.54 Å². The Kier molecular flexibility index (Phi) is 4.48. The number of hydrogen-bond acceptors (Lipinski definition) is 1. The summed E-state index contributed by atoms with van der Waals surface area (Å²) in [5.74, 6) is 0. The van der Waals surface area contributed by atoms with Crippen LogP contribution in [0.5, 0.6) is 0 Å². The summed E-state index contributed by atoms with van der Waals surface area (Å²) in [7, 11) is 0. The van der Waals surface area contributed by atoms with Crippen molar-refractivity contribution < 1.29 is 4.39 Å². The van der Waals surface area contributed by atoms with E-state index in [1.54, 1.807) is 0 Å². The first-order valence-electron chi connectivity index (χ1n) is 6.19. The number of aryl methyl sites for hydroxylation is 1. The summed E-state index contributed by atoms with van der Waals surface area (Å²) in [4.78, 5) is 0. The Bertz CT molecular complexity index is 464. The molecule has 0 saturated heterocycles. The molecule has 18 heavy (non-hydrogen) atoms. The largest absolute Gasteiger partial charge is 0.304 e. The Labute approximate surface area is 108 Å². The van der Waals surface area contributed by atoms with Crippen LogP contribution in [0, 0.1) is 6.92 Å². The zero-order chi connectivity index (χ0) is 12.8. The fourth-order valence-corrected chi connectivity index (χ4v) is 1.90. The van der Waals surface area contributed by atoms with Gasteiger partial charge >= 0.3 is 0 Å². The van der Waals surface area contributed by atoms with E-state index >= 15 is 0 Å². The average Bonchev–Trinajstić information content (AvgIpc) is 2.42. The van der Waals surface area contributed by atoms with Gasteiger partial charge < -0.3 is 5.32 Å². The number of benzene rings is 2. The van der Waals surface area contributed by atoms with Crippen LogP contribution in [0.15, 0.2) is 54.6 Å². The van der Waals surface area contributed by atoms with Crippen molar-refractivity contribution in [3.63, 3.8) is 0 Å². The number of halogens is 1. The van der Waals surface area contributed by atoms with E-state index in [-0.39, 0.29) is 6.04 Å². The number of rotatable bonds is 5. The molecule has 1 atom stereocenters. The number of hydrogen-bond donors (Lipinski definition) is 1. The summed E-state index contributed by atoms with van der Waals surface area (Å²) in [6.45, 7) is 2.32. The molecule has 0 aliphatic rings. The van der Waals surface area contributed by atoms with Crippen LogP contribution in [0.3, 0.4) is 0 Å². The summed E-state index contributed by atoms with van der Waals surface area (Å²) < 4.78 is 13.1. The molecule has 0 amide bonds. The van der Waals surface area contributed by atoms with Crippen LogP contribution in [0.2, 0.25) is 0 Å². The third-order valence-electron chi connectivity index (χ3n) is 3.03. The average molecular weight is 243 g/mol. The maximum atomic E-state index is 13.1. The lowest BCUT2D eigenvalue weighted by Crippen LogP contribution is -2.22. The van der Waals surface area contributed by atoms with Crippen molar-refractivity contribution >= 4 is 0 Å². The van der Waals surface area contributed by atoms with E-state index in [1.807, 2.05) is 61.5 Å². The third-order valence-corrected chi connectivity index (χ3v) is 3.03. The second kappa shape index (κ2) is 6.31. The molecule has 1 nitrogen and oxygen atoms in total. The van der Waals surface area contributed by atoms with Gasteiger partial charge in [0.1, 0.15) is 6.67 Å². The van der Waals surface area contributed by atoms with E-state index in [1.165, 1.54) is 11.1 Å². The first kappa shape index (κ1) is 12.8. The number of alkyl halides is 1. The molecule has 0 aromatic heterocycles. The SMILES string of the molecule is Cc1ccc(C(CF)NCc2ccccc2)cc1. The molecule has 0 saturated carbocycles. The topological polar surface area (TPSA) is 12.0 Å². The third kappa shape index (κ3) is 3.41. The van der Waals surface area contributed by atoms with Gasteiger partial charge in [0.15, 0.2) is 0 Å². The van der Waals surface area contributed by atoms with Crippen LogP contribution in [0.4, 0.5) is 4.39 Å². The van der Waals surface area contributed by atoms with Crippen molar-refractivity contribution in [1.29, 1.82) is 0 Å². The molecule has 0 radical (unpaired) electrons. The Morgan fingerprint density at radius 1 is 1.00 bits per heavy atom. The van der Waals surface area contributed by atoms with E-state index in [0.29, 0.717) is 6.54 Å². The quantitative estimate of drug-likeness (QED) is 0.842. The van der Waals surface area contributed by atoms with Crippen LogP contribution in [-0.4, -0.2) is 6.67 Å². The Morgan fingerprint density at radius 2 is 1.67 bits per heavy atom. The molecule has 1 unspecified atom stereocenters. The van der Waals surface area contributed by atoms with Gasteiger partial charge in [0.2, 0.25) is 0 Å². The van der Waals surface area contributed by atoms with Crippen LogP contribution >= 0.6 is 0 Å². The summed E-state index contributed by atoms with van der Waals surface area (Å²) in [6, 6.07) is 17.8. The Balaban J connectivity index is 1.99. The molecule has 2 heteroatoms. The molecule has 94 valence electrons. The van der Waals surface area contributed by atoms with E-state index in [2.05, 4.69) is 5.32 Å². The second-order valence-electron chi connectivity index (χ2n) is 4.48. The van der Waals surface area contributed by atoms with E-state index in [9.17, 15) is 4.39 Å². The normalized spacial score (nSPS) is 12.3. The van der Waals surface area contributed by atoms with Crippen LogP contribution in [0.25, 0.3) is 0 Å². The highest BCUT2D eigenvalue weighted by Gasteiger charge is 2.09. The smallest absolute Gasteiger partial charge is 0.109 e. The van der Waals surface area contributed by atoms with E-state index in [4.69, 9.17) is 0 Å². The second-order valence-corrected chi connectivity index (χ2v) is 4.48. The highest BCUT2D eigenvalue weighted by molar-refractivity contribution is 5.24. The molecule has 0 aliphatic carbocycles. The first-order chi connectivity index (χ1) is 8.79. The van der Waals surface area contributed by atoms with E-state index in [0.717, 1.165) is 5.56 Å². The molecule has 0 spiro atoms. The lowest BCUT2D eigenvalue weighted by atomic mass is 10.1. The van der Waals surface area contributed by atoms with Crippen molar-refractivity contribution in [2.24, 2.45) is 0 Å². The molecule has 2 rings (SSSR count). The fraction of sp³-hybridized carbons (Fsp3) is 0.250. The van der Waals surface area contributed by atoms with Gasteiger partial charge in [0.25, 0.3) is 0 Å². The van der Waals surface area contributed by atoms with E-state index < -0.39 is 6.67 Å². The van der Waals surface area contributed by atoms with Gasteiger partial charge in [0, 0.05) is 6.54 Å². The van der Waals surface area contributed by atoms with Gasteiger partial charge in [-0.3, -0.25) is 0 Å². The molecule has 2 aromatic carbocycles. The molecule has 0 heterocycles. The summed E-state index contributed by atoms with van der Waals surface area (Å²) >= 11 is 0. The minimum atomic E-state index is -0.393.